The van der Waals surface area contributed by atoms with Gasteiger partial charge in [0, 0.05) is 0 Å². The monoisotopic (exact) mass is 369 g/mol. The second kappa shape index (κ2) is 6.21. The number of rotatable bonds is 4. The summed E-state index contributed by atoms with van der Waals surface area (Å²) in [5, 5.41) is 4.40. The first kappa shape index (κ1) is 16.4. The second-order valence-electron chi connectivity index (χ2n) is 4.78. The van der Waals surface area contributed by atoms with Crippen LogP contribution in [0.2, 0.25) is 5.02 Å². The van der Waals surface area contributed by atoms with E-state index in [9.17, 15) is 17.2 Å². The standard InChI is InChI=1S/C15H10ClF2N3O2S/c16-11-4-1-2-7-14(11)21-9-10(8-19-21)20-24(22,23)15-12(17)5-3-6-13(15)18/h1-9,20H. The Bertz CT molecular complexity index is 985. The molecule has 0 amide bonds. The minimum atomic E-state index is -4.44. The lowest BCUT2D eigenvalue weighted by atomic mass is 10.3. The van der Waals surface area contributed by atoms with Gasteiger partial charge in [-0.05, 0) is 24.3 Å². The maximum atomic E-state index is 13.7. The molecule has 0 saturated carbocycles. The minimum Gasteiger partial charge on any atom is -0.276 e. The van der Waals surface area contributed by atoms with Crippen LogP contribution in [0.15, 0.2) is 59.8 Å². The molecule has 2 aromatic carbocycles. The number of hydrogen-bond acceptors (Lipinski definition) is 3. The summed E-state index contributed by atoms with van der Waals surface area (Å²) in [5.41, 5.74) is 0.569. The van der Waals surface area contributed by atoms with Crippen LogP contribution < -0.4 is 4.72 Å². The van der Waals surface area contributed by atoms with E-state index >= 15 is 0 Å². The van der Waals surface area contributed by atoms with Gasteiger partial charge in [-0.3, -0.25) is 4.72 Å². The molecular weight excluding hydrogens is 360 g/mol. The predicted molar refractivity (Wildman–Crippen MR) is 85.7 cm³/mol. The molecule has 24 heavy (non-hydrogen) atoms. The Kier molecular flexibility index (Phi) is 4.25. The molecule has 5 nitrogen and oxygen atoms in total. The zero-order valence-corrected chi connectivity index (χ0v) is 13.5. The SMILES string of the molecule is O=S(=O)(Nc1cnn(-c2ccccc2Cl)c1)c1c(F)cccc1F. The maximum Gasteiger partial charge on any atom is 0.267 e. The largest absolute Gasteiger partial charge is 0.276 e. The molecule has 0 fully saturated rings. The normalized spacial score (nSPS) is 11.5. The lowest BCUT2D eigenvalue weighted by Gasteiger charge is -2.07. The molecule has 1 aromatic heterocycles. The number of para-hydroxylation sites is 1. The highest BCUT2D eigenvalue weighted by molar-refractivity contribution is 7.92. The third-order valence-electron chi connectivity index (χ3n) is 3.12. The number of sulfonamides is 1. The van der Waals surface area contributed by atoms with E-state index in [1.54, 1.807) is 24.3 Å². The fourth-order valence-electron chi connectivity index (χ4n) is 2.09. The van der Waals surface area contributed by atoms with Crippen LogP contribution in [0, 0.1) is 11.6 Å². The molecule has 3 rings (SSSR count). The van der Waals surface area contributed by atoms with E-state index in [4.69, 9.17) is 11.6 Å². The zero-order valence-electron chi connectivity index (χ0n) is 11.9. The highest BCUT2D eigenvalue weighted by Crippen LogP contribution is 2.24. The number of hydrogen-bond donors (Lipinski definition) is 1. The molecule has 0 unspecified atom stereocenters. The van der Waals surface area contributed by atoms with Crippen molar-refractivity contribution in [3.63, 3.8) is 0 Å². The molecule has 1 heterocycles. The Morgan fingerprint density at radius 1 is 1.04 bits per heavy atom. The molecule has 0 radical (unpaired) electrons. The summed E-state index contributed by atoms with van der Waals surface area (Å²) in [4.78, 5) is -1.05. The van der Waals surface area contributed by atoms with Crippen LogP contribution in [0.1, 0.15) is 0 Å². The summed E-state index contributed by atoms with van der Waals surface area (Å²) < 4.78 is 55.2. The quantitative estimate of drug-likeness (QED) is 0.764. The summed E-state index contributed by atoms with van der Waals surface area (Å²) in [6, 6.07) is 9.62. The number of nitrogens with one attached hydrogen (secondary N) is 1. The minimum absolute atomic E-state index is 0.0394. The molecule has 0 aliphatic heterocycles. The van der Waals surface area contributed by atoms with E-state index < -0.39 is 26.6 Å². The van der Waals surface area contributed by atoms with Crippen LogP contribution in [-0.2, 0) is 10.0 Å². The second-order valence-corrected chi connectivity index (χ2v) is 6.81. The van der Waals surface area contributed by atoms with Gasteiger partial charge < -0.3 is 0 Å². The van der Waals surface area contributed by atoms with Crippen LogP contribution in [0.25, 0.3) is 5.69 Å². The molecule has 0 aliphatic carbocycles. The lowest BCUT2D eigenvalue weighted by molar-refractivity contribution is 0.521. The number of nitrogens with zero attached hydrogens (tertiary/aromatic N) is 2. The first-order valence-electron chi connectivity index (χ1n) is 6.65. The molecule has 0 bridgehead atoms. The van der Waals surface area contributed by atoms with Crippen molar-refractivity contribution in [1.82, 2.24) is 9.78 Å². The van der Waals surface area contributed by atoms with Gasteiger partial charge in [-0.25, -0.2) is 21.9 Å². The first-order valence-corrected chi connectivity index (χ1v) is 8.51. The Morgan fingerprint density at radius 3 is 2.38 bits per heavy atom. The number of halogens is 3. The van der Waals surface area contributed by atoms with Gasteiger partial charge in [-0.1, -0.05) is 29.8 Å². The van der Waals surface area contributed by atoms with Crippen LogP contribution in [-0.4, -0.2) is 18.2 Å². The van der Waals surface area contributed by atoms with Crippen molar-refractivity contribution in [2.24, 2.45) is 0 Å². The summed E-state index contributed by atoms with van der Waals surface area (Å²) in [5.74, 6) is -2.36. The van der Waals surface area contributed by atoms with Crippen LogP contribution >= 0.6 is 11.6 Å². The summed E-state index contributed by atoms with van der Waals surface area (Å²) in [6.45, 7) is 0. The highest BCUT2D eigenvalue weighted by atomic mass is 35.5. The van der Waals surface area contributed by atoms with E-state index in [0.717, 1.165) is 18.2 Å². The molecule has 9 heteroatoms. The fraction of sp³-hybridized carbons (Fsp3) is 0. The van der Waals surface area contributed by atoms with E-state index in [-0.39, 0.29) is 5.69 Å². The molecule has 0 atom stereocenters. The molecular formula is C15H10ClF2N3O2S. The highest BCUT2D eigenvalue weighted by Gasteiger charge is 2.24. The van der Waals surface area contributed by atoms with Gasteiger partial charge in [0.05, 0.1) is 28.8 Å². The number of anilines is 1. The average molecular weight is 370 g/mol. The van der Waals surface area contributed by atoms with Crippen molar-refractivity contribution in [3.05, 3.63) is 71.5 Å². The topological polar surface area (TPSA) is 64.0 Å². The van der Waals surface area contributed by atoms with E-state index in [2.05, 4.69) is 9.82 Å². The van der Waals surface area contributed by atoms with Crippen molar-refractivity contribution in [1.29, 1.82) is 0 Å². The molecule has 3 aromatic rings. The molecule has 124 valence electrons. The van der Waals surface area contributed by atoms with Crippen molar-refractivity contribution >= 4 is 27.3 Å². The molecule has 1 N–H and O–H groups in total. The molecule has 0 aliphatic rings. The van der Waals surface area contributed by atoms with Crippen LogP contribution in [0.4, 0.5) is 14.5 Å². The predicted octanol–water partition coefficient (Wildman–Crippen LogP) is 3.60. The Balaban J connectivity index is 1.94. The Labute approximate surface area is 141 Å². The van der Waals surface area contributed by atoms with Gasteiger partial charge in [-0.15, -0.1) is 0 Å². The van der Waals surface area contributed by atoms with Crippen molar-refractivity contribution in [2.45, 2.75) is 4.90 Å². The van der Waals surface area contributed by atoms with Crippen LogP contribution in [0.5, 0.6) is 0 Å². The third kappa shape index (κ3) is 3.10. The third-order valence-corrected chi connectivity index (χ3v) is 4.87. The number of aromatic nitrogens is 2. The van der Waals surface area contributed by atoms with Gasteiger partial charge >= 0.3 is 0 Å². The lowest BCUT2D eigenvalue weighted by Crippen LogP contribution is -2.16. The van der Waals surface area contributed by atoms with E-state index in [1.807, 2.05) is 0 Å². The summed E-state index contributed by atoms with van der Waals surface area (Å²) >= 11 is 6.04. The van der Waals surface area contributed by atoms with E-state index in [1.165, 1.54) is 17.1 Å². The van der Waals surface area contributed by atoms with Crippen molar-refractivity contribution < 1.29 is 17.2 Å². The Morgan fingerprint density at radius 2 is 1.71 bits per heavy atom. The van der Waals surface area contributed by atoms with E-state index in [0.29, 0.717) is 10.7 Å². The van der Waals surface area contributed by atoms with Gasteiger partial charge in [0.15, 0.2) is 4.90 Å². The summed E-state index contributed by atoms with van der Waals surface area (Å²) in [6.07, 6.45) is 2.55. The van der Waals surface area contributed by atoms with Gasteiger partial charge in [0.1, 0.15) is 11.6 Å². The number of benzene rings is 2. The first-order chi connectivity index (χ1) is 11.4. The smallest absolute Gasteiger partial charge is 0.267 e. The Hall–Kier alpha value is -2.45. The van der Waals surface area contributed by atoms with Gasteiger partial charge in [0.25, 0.3) is 10.0 Å². The van der Waals surface area contributed by atoms with Crippen LogP contribution in [0.3, 0.4) is 0 Å². The molecule has 0 spiro atoms. The fourth-order valence-corrected chi connectivity index (χ4v) is 3.48. The summed E-state index contributed by atoms with van der Waals surface area (Å²) in [7, 11) is -4.44. The average Bonchev–Trinajstić information content (AvgIpc) is 2.94. The van der Waals surface area contributed by atoms with Gasteiger partial charge in [-0.2, -0.15) is 5.10 Å². The van der Waals surface area contributed by atoms with Crippen molar-refractivity contribution in [2.75, 3.05) is 4.72 Å². The zero-order chi connectivity index (χ0) is 17.3. The maximum absolute atomic E-state index is 13.7. The molecule has 0 saturated heterocycles. The van der Waals surface area contributed by atoms with Gasteiger partial charge in [0.2, 0.25) is 0 Å². The van der Waals surface area contributed by atoms with Crippen molar-refractivity contribution in [3.8, 4) is 5.69 Å².